The molecule has 0 aliphatic rings. The van der Waals surface area contributed by atoms with Gasteiger partial charge in [0.1, 0.15) is 5.75 Å². The summed E-state index contributed by atoms with van der Waals surface area (Å²) in [5, 5.41) is 9.46. The highest BCUT2D eigenvalue weighted by molar-refractivity contribution is 7.98. The number of rotatable bonds is 5. The molecule has 0 saturated heterocycles. The van der Waals surface area contributed by atoms with E-state index in [4.69, 9.17) is 20.8 Å². The summed E-state index contributed by atoms with van der Waals surface area (Å²) in [6.07, 6.45) is 0. The maximum absolute atomic E-state index is 6.05. The predicted molar refractivity (Wildman–Crippen MR) is 96.8 cm³/mol. The topological polar surface area (TPSA) is 48.2 Å². The molecule has 3 rings (SSSR count). The van der Waals surface area contributed by atoms with Crippen LogP contribution < -0.4 is 4.74 Å². The molecular formula is C18H17ClN2O2S. The van der Waals surface area contributed by atoms with E-state index >= 15 is 0 Å². The first-order valence-electron chi connectivity index (χ1n) is 7.42. The van der Waals surface area contributed by atoms with Crippen LogP contribution in [0, 0.1) is 13.8 Å². The molecule has 0 saturated carbocycles. The van der Waals surface area contributed by atoms with Crippen LogP contribution in [0.4, 0.5) is 0 Å². The molecular weight excluding hydrogens is 344 g/mol. The molecule has 2 aromatic carbocycles. The van der Waals surface area contributed by atoms with Crippen LogP contribution in [0.25, 0.3) is 11.5 Å². The number of hydrogen-bond acceptors (Lipinski definition) is 5. The lowest BCUT2D eigenvalue weighted by atomic mass is 10.1. The Balaban J connectivity index is 1.76. The molecule has 3 aromatic rings. The molecule has 1 aromatic heterocycles. The summed E-state index contributed by atoms with van der Waals surface area (Å²) in [6.45, 7) is 4.10. The lowest BCUT2D eigenvalue weighted by molar-refractivity contribution is 0.411. The average molecular weight is 361 g/mol. The fraction of sp³-hybridized carbons (Fsp3) is 0.222. The van der Waals surface area contributed by atoms with Crippen LogP contribution in [0.5, 0.6) is 5.75 Å². The number of aromatic nitrogens is 2. The number of halogens is 1. The number of aryl methyl sites for hydroxylation is 2. The van der Waals surface area contributed by atoms with Crippen LogP contribution in [0.2, 0.25) is 5.02 Å². The molecule has 0 radical (unpaired) electrons. The molecule has 0 atom stereocenters. The Morgan fingerprint density at radius 2 is 1.83 bits per heavy atom. The van der Waals surface area contributed by atoms with Gasteiger partial charge in [-0.25, -0.2) is 0 Å². The number of hydrogen-bond donors (Lipinski definition) is 0. The first kappa shape index (κ1) is 16.9. The fourth-order valence-corrected chi connectivity index (χ4v) is 3.42. The van der Waals surface area contributed by atoms with Gasteiger partial charge in [0.15, 0.2) is 0 Å². The Labute approximate surface area is 150 Å². The second-order valence-corrected chi connectivity index (χ2v) is 6.86. The van der Waals surface area contributed by atoms with Crippen LogP contribution in [0.3, 0.4) is 0 Å². The minimum Gasteiger partial charge on any atom is -0.496 e. The van der Waals surface area contributed by atoms with E-state index in [0.29, 0.717) is 21.9 Å². The predicted octanol–water partition coefficient (Wildman–Crippen LogP) is 5.31. The Morgan fingerprint density at radius 3 is 2.54 bits per heavy atom. The van der Waals surface area contributed by atoms with E-state index in [2.05, 4.69) is 16.3 Å². The van der Waals surface area contributed by atoms with Gasteiger partial charge in [-0.2, -0.15) is 0 Å². The summed E-state index contributed by atoms with van der Waals surface area (Å²) >= 11 is 7.51. The highest BCUT2D eigenvalue weighted by atomic mass is 35.5. The molecule has 124 valence electrons. The molecule has 0 aliphatic carbocycles. The molecule has 0 bridgehead atoms. The molecule has 0 amide bonds. The number of methoxy groups -OCH3 is 1. The molecule has 24 heavy (non-hydrogen) atoms. The first-order valence-corrected chi connectivity index (χ1v) is 8.79. The monoisotopic (exact) mass is 360 g/mol. The summed E-state index contributed by atoms with van der Waals surface area (Å²) < 4.78 is 11.1. The second-order valence-electron chi connectivity index (χ2n) is 5.49. The van der Waals surface area contributed by atoms with Crippen molar-refractivity contribution in [1.82, 2.24) is 10.2 Å². The normalized spacial score (nSPS) is 10.8. The van der Waals surface area contributed by atoms with Crippen molar-refractivity contribution in [2.45, 2.75) is 24.8 Å². The Bertz CT molecular complexity index is 844. The van der Waals surface area contributed by atoms with E-state index in [1.165, 1.54) is 22.9 Å². The Hall–Kier alpha value is -1.98. The largest absolute Gasteiger partial charge is 0.496 e. The van der Waals surface area contributed by atoms with E-state index < -0.39 is 0 Å². The molecule has 1 heterocycles. The van der Waals surface area contributed by atoms with Gasteiger partial charge >= 0.3 is 0 Å². The van der Waals surface area contributed by atoms with Gasteiger partial charge in [-0.3, -0.25) is 0 Å². The second kappa shape index (κ2) is 7.28. The smallest absolute Gasteiger partial charge is 0.277 e. The lowest BCUT2D eigenvalue weighted by Crippen LogP contribution is -1.90. The van der Waals surface area contributed by atoms with Gasteiger partial charge in [-0.05, 0) is 44.2 Å². The highest BCUT2D eigenvalue weighted by Gasteiger charge is 2.12. The van der Waals surface area contributed by atoms with Crippen molar-refractivity contribution in [2.75, 3.05) is 7.11 Å². The summed E-state index contributed by atoms with van der Waals surface area (Å²) in [5.41, 5.74) is 4.26. The van der Waals surface area contributed by atoms with Gasteiger partial charge < -0.3 is 9.15 Å². The number of nitrogens with zero attached hydrogens (tertiary/aromatic N) is 2. The van der Waals surface area contributed by atoms with Gasteiger partial charge in [0.25, 0.3) is 5.22 Å². The van der Waals surface area contributed by atoms with Crippen LogP contribution in [-0.4, -0.2) is 17.3 Å². The molecule has 0 aliphatic heterocycles. The minimum atomic E-state index is 0.520. The Morgan fingerprint density at radius 1 is 1.08 bits per heavy atom. The van der Waals surface area contributed by atoms with Crippen LogP contribution in [0.1, 0.15) is 16.7 Å². The van der Waals surface area contributed by atoms with Gasteiger partial charge in [-0.15, -0.1) is 10.2 Å². The van der Waals surface area contributed by atoms with Crippen molar-refractivity contribution in [3.8, 4) is 17.2 Å². The van der Waals surface area contributed by atoms with Crippen molar-refractivity contribution >= 4 is 23.4 Å². The van der Waals surface area contributed by atoms with Crippen molar-refractivity contribution in [2.24, 2.45) is 0 Å². The molecule has 0 N–H and O–H groups in total. The highest BCUT2D eigenvalue weighted by Crippen LogP contribution is 2.31. The number of ether oxygens (including phenoxy) is 1. The average Bonchev–Trinajstić information content (AvgIpc) is 3.01. The van der Waals surface area contributed by atoms with Crippen molar-refractivity contribution < 1.29 is 9.15 Å². The maximum Gasteiger partial charge on any atom is 0.277 e. The van der Waals surface area contributed by atoms with E-state index in [0.717, 1.165) is 16.9 Å². The quantitative estimate of drug-likeness (QED) is 0.577. The zero-order valence-electron chi connectivity index (χ0n) is 13.7. The maximum atomic E-state index is 6.05. The van der Waals surface area contributed by atoms with E-state index in [-0.39, 0.29) is 0 Å². The van der Waals surface area contributed by atoms with E-state index in [1.54, 1.807) is 13.2 Å². The van der Waals surface area contributed by atoms with Crippen molar-refractivity contribution in [1.29, 1.82) is 0 Å². The first-order chi connectivity index (χ1) is 11.5. The van der Waals surface area contributed by atoms with Gasteiger partial charge in [-0.1, -0.05) is 40.6 Å². The standard InChI is InChI=1S/C18H17ClN2O2S/c1-11-6-12(2)8-13(7-11)17-20-21-18(23-17)24-10-14-9-15(19)4-5-16(14)22-3/h4-9H,10H2,1-3H3. The molecule has 0 unspecified atom stereocenters. The zero-order chi connectivity index (χ0) is 17.1. The third-order valence-corrected chi connectivity index (χ3v) is 4.57. The van der Waals surface area contributed by atoms with Crippen LogP contribution in [-0.2, 0) is 5.75 Å². The number of thioether (sulfide) groups is 1. The summed E-state index contributed by atoms with van der Waals surface area (Å²) in [6, 6.07) is 11.7. The van der Waals surface area contributed by atoms with E-state index in [9.17, 15) is 0 Å². The van der Waals surface area contributed by atoms with E-state index in [1.807, 2.05) is 38.1 Å². The Kier molecular flexibility index (Phi) is 5.11. The zero-order valence-corrected chi connectivity index (χ0v) is 15.2. The van der Waals surface area contributed by atoms with Crippen molar-refractivity contribution in [3.63, 3.8) is 0 Å². The van der Waals surface area contributed by atoms with Gasteiger partial charge in [0.05, 0.1) is 7.11 Å². The van der Waals surface area contributed by atoms with Crippen LogP contribution >= 0.6 is 23.4 Å². The molecule has 0 fully saturated rings. The third kappa shape index (κ3) is 3.91. The van der Waals surface area contributed by atoms with Gasteiger partial charge in [0, 0.05) is 21.9 Å². The summed E-state index contributed by atoms with van der Waals surface area (Å²) in [4.78, 5) is 0. The SMILES string of the molecule is COc1ccc(Cl)cc1CSc1nnc(-c2cc(C)cc(C)c2)o1. The fourth-order valence-electron chi connectivity index (χ4n) is 2.48. The minimum absolute atomic E-state index is 0.520. The summed E-state index contributed by atoms with van der Waals surface area (Å²) in [7, 11) is 1.64. The number of benzene rings is 2. The van der Waals surface area contributed by atoms with Crippen molar-refractivity contribution in [3.05, 3.63) is 58.1 Å². The molecule has 4 nitrogen and oxygen atoms in total. The van der Waals surface area contributed by atoms with Crippen LogP contribution in [0.15, 0.2) is 46.0 Å². The third-order valence-electron chi connectivity index (χ3n) is 3.47. The lowest BCUT2D eigenvalue weighted by Gasteiger charge is -2.07. The van der Waals surface area contributed by atoms with Gasteiger partial charge in [0.2, 0.25) is 5.89 Å². The molecule has 6 heteroatoms. The molecule has 0 spiro atoms. The summed E-state index contributed by atoms with van der Waals surface area (Å²) in [5.74, 6) is 1.96.